The van der Waals surface area contributed by atoms with Crippen molar-refractivity contribution < 1.29 is 4.79 Å². The third-order valence-corrected chi connectivity index (χ3v) is 4.44. The average molecular weight is 360 g/mol. The van der Waals surface area contributed by atoms with Gasteiger partial charge in [-0.3, -0.25) is 4.79 Å². The Labute approximate surface area is 159 Å². The van der Waals surface area contributed by atoms with Crippen molar-refractivity contribution in [2.45, 2.75) is 33.2 Å². The number of carbonyl (C=O) groups excluding carboxylic acids is 1. The number of aromatic nitrogens is 2. The number of carbonyl (C=O) groups is 1. The van der Waals surface area contributed by atoms with Gasteiger partial charge in [-0.15, -0.1) is 0 Å². The van der Waals surface area contributed by atoms with Crippen molar-refractivity contribution in [1.29, 1.82) is 0 Å². The fourth-order valence-electron chi connectivity index (χ4n) is 2.91. The normalized spacial score (nSPS) is 10.4. The largest absolute Gasteiger partial charge is 0.365 e. The molecule has 0 aliphatic carbocycles. The van der Waals surface area contributed by atoms with Crippen molar-refractivity contribution >= 4 is 17.4 Å². The Bertz CT molecular complexity index is 870. The predicted molar refractivity (Wildman–Crippen MR) is 109 cm³/mol. The number of hydrogen-bond acceptors (Lipinski definition) is 4. The van der Waals surface area contributed by atoms with Crippen LogP contribution in [-0.4, -0.2) is 15.9 Å². The Hall–Kier alpha value is -3.21. The summed E-state index contributed by atoms with van der Waals surface area (Å²) in [5.74, 6) is 0.395. The lowest BCUT2D eigenvalue weighted by atomic mass is 10.0. The molecular formula is C22H24N4O. The summed E-state index contributed by atoms with van der Waals surface area (Å²) in [5.41, 5.74) is 4.59. The molecule has 1 heterocycles. The zero-order valence-corrected chi connectivity index (χ0v) is 15.7. The SMILES string of the molecule is CCc1cccc(CC)c1NC(=O)c1cnc(NCc2ccccc2)cn1. The Balaban J connectivity index is 1.68. The molecule has 2 N–H and O–H groups in total. The molecule has 2 aromatic carbocycles. The molecule has 1 amide bonds. The Morgan fingerprint density at radius 2 is 1.59 bits per heavy atom. The summed E-state index contributed by atoms with van der Waals surface area (Å²) in [6.45, 7) is 4.82. The van der Waals surface area contributed by atoms with Crippen molar-refractivity contribution in [3.05, 3.63) is 83.3 Å². The van der Waals surface area contributed by atoms with Crippen LogP contribution in [0, 0.1) is 0 Å². The summed E-state index contributed by atoms with van der Waals surface area (Å²) in [4.78, 5) is 21.2. The monoisotopic (exact) mass is 360 g/mol. The smallest absolute Gasteiger partial charge is 0.275 e. The fraction of sp³-hybridized carbons (Fsp3) is 0.227. The summed E-state index contributed by atoms with van der Waals surface area (Å²) in [6, 6.07) is 16.2. The van der Waals surface area contributed by atoms with Crippen LogP contribution in [0.1, 0.15) is 41.0 Å². The lowest BCUT2D eigenvalue weighted by molar-refractivity contribution is 0.102. The van der Waals surface area contributed by atoms with E-state index in [0.29, 0.717) is 18.1 Å². The van der Waals surface area contributed by atoms with Crippen molar-refractivity contribution in [3.8, 4) is 0 Å². The van der Waals surface area contributed by atoms with E-state index in [1.807, 2.05) is 48.5 Å². The molecule has 0 aliphatic heterocycles. The van der Waals surface area contributed by atoms with E-state index in [2.05, 4.69) is 34.4 Å². The number of amides is 1. The number of nitrogens with one attached hydrogen (secondary N) is 2. The predicted octanol–water partition coefficient (Wildman–Crippen LogP) is 4.47. The van der Waals surface area contributed by atoms with Gasteiger partial charge in [0.05, 0.1) is 12.4 Å². The van der Waals surface area contributed by atoms with Crippen LogP contribution in [0.2, 0.25) is 0 Å². The summed E-state index contributed by atoms with van der Waals surface area (Å²) >= 11 is 0. The van der Waals surface area contributed by atoms with Crippen LogP contribution in [0.5, 0.6) is 0 Å². The summed E-state index contributed by atoms with van der Waals surface area (Å²) < 4.78 is 0. The van der Waals surface area contributed by atoms with Gasteiger partial charge in [0.15, 0.2) is 0 Å². The quantitative estimate of drug-likeness (QED) is 0.652. The zero-order valence-electron chi connectivity index (χ0n) is 15.7. The zero-order chi connectivity index (χ0) is 19.1. The molecule has 0 aliphatic rings. The van der Waals surface area contributed by atoms with E-state index in [9.17, 15) is 4.79 Å². The molecule has 0 fully saturated rings. The lowest BCUT2D eigenvalue weighted by Crippen LogP contribution is -2.17. The summed E-state index contributed by atoms with van der Waals surface area (Å²) in [6.07, 6.45) is 4.81. The number of benzene rings is 2. The number of para-hydroxylation sites is 1. The van der Waals surface area contributed by atoms with Gasteiger partial charge in [0.25, 0.3) is 5.91 Å². The van der Waals surface area contributed by atoms with Crippen LogP contribution >= 0.6 is 0 Å². The minimum Gasteiger partial charge on any atom is -0.365 e. The Morgan fingerprint density at radius 3 is 2.19 bits per heavy atom. The molecule has 0 radical (unpaired) electrons. The van der Waals surface area contributed by atoms with E-state index < -0.39 is 0 Å². The van der Waals surface area contributed by atoms with Gasteiger partial charge in [-0.1, -0.05) is 62.4 Å². The number of anilines is 2. The van der Waals surface area contributed by atoms with Gasteiger partial charge in [0, 0.05) is 12.2 Å². The van der Waals surface area contributed by atoms with Crippen LogP contribution in [0.4, 0.5) is 11.5 Å². The van der Waals surface area contributed by atoms with Crippen molar-refractivity contribution in [2.24, 2.45) is 0 Å². The molecule has 5 nitrogen and oxygen atoms in total. The second kappa shape index (κ2) is 8.94. The van der Waals surface area contributed by atoms with Crippen molar-refractivity contribution in [1.82, 2.24) is 9.97 Å². The van der Waals surface area contributed by atoms with E-state index in [1.165, 1.54) is 6.20 Å². The van der Waals surface area contributed by atoms with Crippen LogP contribution < -0.4 is 10.6 Å². The molecule has 138 valence electrons. The van der Waals surface area contributed by atoms with Gasteiger partial charge >= 0.3 is 0 Å². The van der Waals surface area contributed by atoms with Crippen LogP contribution in [-0.2, 0) is 19.4 Å². The molecule has 0 spiro atoms. The maximum absolute atomic E-state index is 12.6. The highest BCUT2D eigenvalue weighted by Crippen LogP contribution is 2.23. The first kappa shape index (κ1) is 18.6. The molecule has 0 bridgehead atoms. The first-order valence-electron chi connectivity index (χ1n) is 9.23. The molecule has 0 saturated heterocycles. The summed E-state index contributed by atoms with van der Waals surface area (Å²) in [5, 5.41) is 6.22. The molecule has 0 saturated carbocycles. The average Bonchev–Trinajstić information content (AvgIpc) is 2.73. The van der Waals surface area contributed by atoms with Gasteiger partial charge in [0.1, 0.15) is 11.5 Å². The van der Waals surface area contributed by atoms with E-state index in [4.69, 9.17) is 0 Å². The highest BCUT2D eigenvalue weighted by atomic mass is 16.1. The van der Waals surface area contributed by atoms with E-state index >= 15 is 0 Å². The lowest BCUT2D eigenvalue weighted by Gasteiger charge is -2.14. The van der Waals surface area contributed by atoms with Crippen molar-refractivity contribution in [2.75, 3.05) is 10.6 Å². The Morgan fingerprint density at radius 1 is 0.889 bits per heavy atom. The third-order valence-electron chi connectivity index (χ3n) is 4.44. The fourth-order valence-corrected chi connectivity index (χ4v) is 2.91. The number of hydrogen-bond donors (Lipinski definition) is 2. The van der Waals surface area contributed by atoms with Gasteiger partial charge < -0.3 is 10.6 Å². The standard InChI is InChI=1S/C22H24N4O/c1-3-17-11-8-12-18(4-2)21(17)26-22(27)19-14-25-20(15-23-19)24-13-16-9-6-5-7-10-16/h5-12,14-15H,3-4,13H2,1-2H3,(H,24,25)(H,26,27). The van der Waals surface area contributed by atoms with Crippen LogP contribution in [0.15, 0.2) is 60.9 Å². The first-order valence-corrected chi connectivity index (χ1v) is 9.23. The minimum atomic E-state index is -0.243. The molecule has 3 rings (SSSR count). The summed E-state index contributed by atoms with van der Waals surface area (Å²) in [7, 11) is 0. The highest BCUT2D eigenvalue weighted by Gasteiger charge is 2.13. The second-order valence-electron chi connectivity index (χ2n) is 6.24. The number of aryl methyl sites for hydroxylation is 2. The van der Waals surface area contributed by atoms with Gasteiger partial charge in [-0.05, 0) is 29.5 Å². The van der Waals surface area contributed by atoms with Crippen LogP contribution in [0.3, 0.4) is 0 Å². The topological polar surface area (TPSA) is 66.9 Å². The van der Waals surface area contributed by atoms with Gasteiger partial charge in [-0.25, -0.2) is 9.97 Å². The minimum absolute atomic E-state index is 0.243. The molecule has 1 aromatic heterocycles. The Kier molecular flexibility index (Phi) is 6.15. The third kappa shape index (κ3) is 4.70. The van der Waals surface area contributed by atoms with E-state index in [0.717, 1.165) is 35.2 Å². The molecule has 5 heteroatoms. The second-order valence-corrected chi connectivity index (χ2v) is 6.24. The maximum atomic E-state index is 12.6. The highest BCUT2D eigenvalue weighted by molar-refractivity contribution is 6.03. The van der Waals surface area contributed by atoms with Crippen LogP contribution in [0.25, 0.3) is 0 Å². The number of nitrogens with zero attached hydrogens (tertiary/aromatic N) is 2. The molecule has 0 atom stereocenters. The molecule has 3 aromatic rings. The van der Waals surface area contributed by atoms with E-state index in [-0.39, 0.29) is 5.91 Å². The molecular weight excluding hydrogens is 336 g/mol. The first-order chi connectivity index (χ1) is 13.2. The van der Waals surface area contributed by atoms with Gasteiger partial charge in [-0.2, -0.15) is 0 Å². The number of rotatable bonds is 7. The molecule has 0 unspecified atom stereocenters. The van der Waals surface area contributed by atoms with E-state index in [1.54, 1.807) is 6.20 Å². The van der Waals surface area contributed by atoms with Gasteiger partial charge in [0.2, 0.25) is 0 Å². The molecule has 27 heavy (non-hydrogen) atoms. The van der Waals surface area contributed by atoms with Crippen molar-refractivity contribution in [3.63, 3.8) is 0 Å². The maximum Gasteiger partial charge on any atom is 0.275 e.